The van der Waals surface area contributed by atoms with Crippen LogP contribution in [-0.4, -0.2) is 59.8 Å². The highest BCUT2D eigenvalue weighted by atomic mass is 19.4. The molecule has 11 heteroatoms. The molecule has 1 aliphatic heterocycles. The molecule has 0 spiro atoms. The Morgan fingerprint density at radius 2 is 1.88 bits per heavy atom. The fourth-order valence-corrected chi connectivity index (χ4v) is 6.59. The van der Waals surface area contributed by atoms with Gasteiger partial charge >= 0.3 is 6.18 Å². The minimum absolute atomic E-state index is 0.0270. The van der Waals surface area contributed by atoms with E-state index < -0.39 is 41.2 Å². The van der Waals surface area contributed by atoms with Crippen LogP contribution in [-0.2, 0) is 21.3 Å². The number of hydrogen-bond acceptors (Lipinski definition) is 6. The SMILES string of the molecule is CCCO[C@H]1CNC[C@@]1(NC(=O)CNC(=O)c1cccc(C(F)(F)F)c1)C1CCC(O)(c2ccnc3ccccc23)CC1. The number of fused-ring (bicyclic) bond motifs is 1. The van der Waals surface area contributed by atoms with E-state index in [9.17, 15) is 27.9 Å². The van der Waals surface area contributed by atoms with E-state index in [0.717, 1.165) is 41.1 Å². The number of benzene rings is 2. The van der Waals surface area contributed by atoms with Crippen molar-refractivity contribution >= 4 is 22.7 Å². The summed E-state index contributed by atoms with van der Waals surface area (Å²) in [5.74, 6) is -1.26. The van der Waals surface area contributed by atoms with Gasteiger partial charge in [0.05, 0.1) is 34.9 Å². The zero-order chi connectivity index (χ0) is 30.7. The largest absolute Gasteiger partial charge is 0.416 e. The smallest absolute Gasteiger partial charge is 0.385 e. The molecular formula is C32H37F3N4O4. The lowest BCUT2D eigenvalue weighted by molar-refractivity contribution is -0.137. The number of rotatable bonds is 9. The zero-order valence-electron chi connectivity index (χ0n) is 24.0. The fourth-order valence-electron chi connectivity index (χ4n) is 6.59. The zero-order valence-corrected chi connectivity index (χ0v) is 24.0. The van der Waals surface area contributed by atoms with Crippen molar-refractivity contribution in [1.29, 1.82) is 0 Å². The van der Waals surface area contributed by atoms with Crippen molar-refractivity contribution in [2.75, 3.05) is 26.2 Å². The Labute approximate surface area is 248 Å². The Bertz CT molecular complexity index is 1450. The number of nitrogens with one attached hydrogen (secondary N) is 3. The standard InChI is InChI=1S/C32H37F3N4O4/c1-2-16-43-27-18-36-20-31(27,39-28(40)19-38-29(41)21-6-5-7-23(17-21)32(33,34)35)22-10-13-30(42,14-11-22)25-12-15-37-26-9-4-3-8-24(25)26/h3-9,12,15,17,22,27,36,42H,2,10-11,13-14,16,18-20H2,1H3,(H,38,41)(H,39,40)/t22?,27-,30?,31+/m0/s1. The van der Waals surface area contributed by atoms with Gasteiger partial charge in [0.1, 0.15) is 0 Å². The van der Waals surface area contributed by atoms with Crippen molar-refractivity contribution in [1.82, 2.24) is 20.9 Å². The van der Waals surface area contributed by atoms with Crippen molar-refractivity contribution in [3.8, 4) is 0 Å². The Kier molecular flexibility index (Phi) is 9.05. The fraction of sp³-hybridized carbons (Fsp3) is 0.469. The van der Waals surface area contributed by atoms with Gasteiger partial charge in [-0.25, -0.2) is 0 Å². The molecule has 2 heterocycles. The molecule has 2 fully saturated rings. The summed E-state index contributed by atoms with van der Waals surface area (Å²) in [4.78, 5) is 30.3. The van der Waals surface area contributed by atoms with E-state index >= 15 is 0 Å². The highest BCUT2D eigenvalue weighted by Crippen LogP contribution is 2.46. The summed E-state index contributed by atoms with van der Waals surface area (Å²) in [6.07, 6.45) is -0.186. The molecule has 3 aromatic rings. The van der Waals surface area contributed by atoms with Gasteiger partial charge in [-0.05, 0) is 73.9 Å². The van der Waals surface area contributed by atoms with Crippen molar-refractivity contribution in [2.45, 2.75) is 62.4 Å². The van der Waals surface area contributed by atoms with Crippen molar-refractivity contribution in [2.24, 2.45) is 5.92 Å². The lowest BCUT2D eigenvalue weighted by Crippen LogP contribution is -2.64. The second-order valence-corrected chi connectivity index (χ2v) is 11.5. The van der Waals surface area contributed by atoms with Crippen LogP contribution in [0.5, 0.6) is 0 Å². The van der Waals surface area contributed by atoms with Crippen LogP contribution in [0.15, 0.2) is 60.8 Å². The normalized spacial score (nSPS) is 25.9. The number of halogens is 3. The Morgan fingerprint density at radius 1 is 1.12 bits per heavy atom. The van der Waals surface area contributed by atoms with Gasteiger partial charge in [-0.15, -0.1) is 0 Å². The maximum absolute atomic E-state index is 13.3. The van der Waals surface area contributed by atoms with Crippen LogP contribution in [0.3, 0.4) is 0 Å². The number of carbonyl (C=O) groups excluding carboxylic acids is 2. The van der Waals surface area contributed by atoms with Crippen molar-refractivity contribution in [3.63, 3.8) is 0 Å². The van der Waals surface area contributed by atoms with E-state index in [1.807, 2.05) is 37.3 Å². The predicted octanol–water partition coefficient (Wildman–Crippen LogP) is 4.31. The molecule has 4 N–H and O–H groups in total. The number of alkyl halides is 3. The van der Waals surface area contributed by atoms with Crippen LogP contribution < -0.4 is 16.0 Å². The highest BCUT2D eigenvalue weighted by Gasteiger charge is 2.53. The van der Waals surface area contributed by atoms with Crippen LogP contribution in [0.4, 0.5) is 13.2 Å². The van der Waals surface area contributed by atoms with Crippen LogP contribution in [0, 0.1) is 5.92 Å². The molecular weight excluding hydrogens is 561 g/mol. The highest BCUT2D eigenvalue weighted by molar-refractivity contribution is 5.96. The second-order valence-electron chi connectivity index (χ2n) is 11.5. The van der Waals surface area contributed by atoms with Crippen molar-refractivity contribution in [3.05, 3.63) is 77.5 Å². The van der Waals surface area contributed by atoms with Crippen LogP contribution in [0.1, 0.15) is 60.5 Å². The summed E-state index contributed by atoms with van der Waals surface area (Å²) in [5.41, 5.74) is -1.29. The first kappa shape index (κ1) is 30.9. The summed E-state index contributed by atoms with van der Waals surface area (Å²) >= 11 is 0. The molecule has 2 aromatic carbocycles. The predicted molar refractivity (Wildman–Crippen MR) is 155 cm³/mol. The minimum Gasteiger partial charge on any atom is -0.385 e. The quantitative estimate of drug-likeness (QED) is 0.292. The van der Waals surface area contributed by atoms with E-state index in [2.05, 4.69) is 20.9 Å². The number of hydrogen-bond donors (Lipinski definition) is 4. The maximum Gasteiger partial charge on any atom is 0.416 e. The number of amides is 2. The molecule has 0 bridgehead atoms. The number of para-hydroxylation sites is 1. The number of nitrogens with zero attached hydrogens (tertiary/aromatic N) is 1. The average molecular weight is 599 g/mol. The molecule has 2 aliphatic rings. The third kappa shape index (κ3) is 6.53. The molecule has 0 radical (unpaired) electrons. The first-order valence-corrected chi connectivity index (χ1v) is 14.7. The molecule has 1 saturated heterocycles. The first-order chi connectivity index (χ1) is 20.6. The van der Waals surface area contributed by atoms with E-state index in [1.165, 1.54) is 6.07 Å². The van der Waals surface area contributed by atoms with Crippen LogP contribution >= 0.6 is 0 Å². The first-order valence-electron chi connectivity index (χ1n) is 14.7. The molecule has 2 amide bonds. The van der Waals surface area contributed by atoms with Crippen LogP contribution in [0.25, 0.3) is 10.9 Å². The molecule has 230 valence electrons. The van der Waals surface area contributed by atoms with Crippen LogP contribution in [0.2, 0.25) is 0 Å². The Balaban J connectivity index is 1.30. The molecule has 2 atom stereocenters. The van der Waals surface area contributed by atoms with Gasteiger partial charge in [-0.1, -0.05) is 31.2 Å². The maximum atomic E-state index is 13.3. The van der Waals surface area contributed by atoms with Gasteiger partial charge in [-0.3, -0.25) is 14.6 Å². The summed E-state index contributed by atoms with van der Waals surface area (Å²) in [7, 11) is 0. The number of aromatic nitrogens is 1. The van der Waals surface area contributed by atoms with Gasteiger partial charge < -0.3 is 25.8 Å². The average Bonchev–Trinajstić information content (AvgIpc) is 3.41. The van der Waals surface area contributed by atoms with E-state index in [-0.39, 0.29) is 17.6 Å². The lowest BCUT2D eigenvalue weighted by Gasteiger charge is -2.47. The molecule has 5 rings (SSSR count). The van der Waals surface area contributed by atoms with E-state index in [1.54, 1.807) is 6.20 Å². The van der Waals surface area contributed by atoms with Gasteiger partial charge in [-0.2, -0.15) is 13.2 Å². The third-order valence-electron chi connectivity index (χ3n) is 8.77. The summed E-state index contributed by atoms with van der Waals surface area (Å²) in [6, 6.07) is 13.7. The van der Waals surface area contributed by atoms with Crippen molar-refractivity contribution < 1.29 is 32.6 Å². The Morgan fingerprint density at radius 3 is 2.63 bits per heavy atom. The molecule has 1 aliphatic carbocycles. The molecule has 8 nitrogen and oxygen atoms in total. The van der Waals surface area contributed by atoms with Gasteiger partial charge in [0.2, 0.25) is 5.91 Å². The van der Waals surface area contributed by atoms with Gasteiger partial charge in [0.25, 0.3) is 5.91 Å². The lowest BCUT2D eigenvalue weighted by atomic mass is 9.67. The number of aliphatic hydroxyl groups is 1. The number of ether oxygens (including phenoxy) is 1. The Hall–Kier alpha value is -3.54. The monoisotopic (exact) mass is 598 g/mol. The molecule has 1 aromatic heterocycles. The van der Waals surface area contributed by atoms with E-state index in [0.29, 0.717) is 45.4 Å². The topological polar surface area (TPSA) is 113 Å². The van der Waals surface area contributed by atoms with Gasteiger partial charge in [0, 0.05) is 36.8 Å². The molecule has 0 unspecified atom stereocenters. The second kappa shape index (κ2) is 12.6. The number of pyridine rings is 1. The van der Waals surface area contributed by atoms with Gasteiger partial charge in [0.15, 0.2) is 0 Å². The molecule has 1 saturated carbocycles. The van der Waals surface area contributed by atoms with E-state index in [4.69, 9.17) is 4.74 Å². The molecule has 43 heavy (non-hydrogen) atoms. The third-order valence-corrected chi connectivity index (χ3v) is 8.77. The number of carbonyl (C=O) groups is 2. The summed E-state index contributed by atoms with van der Waals surface area (Å²) in [5, 5.41) is 21.7. The summed E-state index contributed by atoms with van der Waals surface area (Å²) in [6.45, 7) is 3.10. The summed E-state index contributed by atoms with van der Waals surface area (Å²) < 4.78 is 45.5. The minimum atomic E-state index is -4.58.